The van der Waals surface area contributed by atoms with Gasteiger partial charge in [0.2, 0.25) is 11.8 Å². The van der Waals surface area contributed by atoms with Crippen molar-refractivity contribution in [3.8, 4) is 0 Å². The Bertz CT molecular complexity index is 841. The molecule has 3 heterocycles. The van der Waals surface area contributed by atoms with Crippen LogP contribution in [0.1, 0.15) is 44.2 Å². The molecule has 2 aromatic rings. The van der Waals surface area contributed by atoms with Crippen LogP contribution in [0.2, 0.25) is 0 Å². The van der Waals surface area contributed by atoms with E-state index >= 15 is 0 Å². The lowest BCUT2D eigenvalue weighted by Crippen LogP contribution is -2.45. The van der Waals surface area contributed by atoms with Crippen molar-refractivity contribution in [2.75, 3.05) is 26.2 Å². The van der Waals surface area contributed by atoms with Crippen LogP contribution in [0.15, 0.2) is 30.3 Å². The molecule has 2 aliphatic rings. The Morgan fingerprint density at radius 2 is 1.61 bits per heavy atom. The second-order valence-electron chi connectivity index (χ2n) is 8.33. The highest BCUT2D eigenvalue weighted by molar-refractivity contribution is 5.84. The number of benzene rings is 1. The van der Waals surface area contributed by atoms with Crippen LogP contribution in [0.3, 0.4) is 0 Å². The quantitative estimate of drug-likeness (QED) is 0.816. The number of likely N-dealkylation sites (tertiary alicyclic amines) is 2. The number of hydrogen-bond acceptors (Lipinski definition) is 2. The van der Waals surface area contributed by atoms with Crippen LogP contribution in [-0.4, -0.2) is 52.4 Å². The van der Waals surface area contributed by atoms with Gasteiger partial charge in [0, 0.05) is 43.3 Å². The Hall–Kier alpha value is -2.30. The van der Waals surface area contributed by atoms with Crippen molar-refractivity contribution in [1.29, 1.82) is 0 Å². The highest BCUT2D eigenvalue weighted by Gasteiger charge is 2.30. The Morgan fingerprint density at radius 1 is 0.929 bits per heavy atom. The molecule has 5 nitrogen and oxygen atoms in total. The van der Waals surface area contributed by atoms with Gasteiger partial charge in [-0.05, 0) is 50.1 Å². The molecule has 0 aliphatic carbocycles. The van der Waals surface area contributed by atoms with Crippen LogP contribution in [0.25, 0.3) is 10.9 Å². The van der Waals surface area contributed by atoms with Crippen molar-refractivity contribution in [2.45, 2.75) is 52.0 Å². The molecule has 0 spiro atoms. The number of para-hydroxylation sites is 1. The maximum atomic E-state index is 12.9. The summed E-state index contributed by atoms with van der Waals surface area (Å²) in [4.78, 5) is 29.8. The van der Waals surface area contributed by atoms with E-state index in [2.05, 4.69) is 34.6 Å². The summed E-state index contributed by atoms with van der Waals surface area (Å²) in [5.41, 5.74) is 2.22. The third kappa shape index (κ3) is 3.94. The van der Waals surface area contributed by atoms with Gasteiger partial charge >= 0.3 is 0 Å². The van der Waals surface area contributed by atoms with Gasteiger partial charge in [0.25, 0.3) is 0 Å². The number of aryl methyl sites for hydroxylation is 1. The molecule has 1 aromatic heterocycles. The molecule has 0 radical (unpaired) electrons. The maximum Gasteiger partial charge on any atom is 0.242 e. The van der Waals surface area contributed by atoms with Crippen molar-refractivity contribution in [3.63, 3.8) is 0 Å². The highest BCUT2D eigenvalue weighted by Crippen LogP contribution is 2.23. The van der Waals surface area contributed by atoms with Gasteiger partial charge in [0.15, 0.2) is 0 Å². The van der Waals surface area contributed by atoms with Crippen molar-refractivity contribution in [1.82, 2.24) is 14.4 Å². The summed E-state index contributed by atoms with van der Waals surface area (Å²) in [5, 5.41) is 1.18. The molecule has 0 atom stereocenters. The van der Waals surface area contributed by atoms with Crippen LogP contribution < -0.4 is 0 Å². The summed E-state index contributed by atoms with van der Waals surface area (Å²) < 4.78 is 2.10. The Morgan fingerprint density at radius 3 is 2.32 bits per heavy atom. The number of carbonyl (C=O) groups excluding carboxylic acids is 2. The predicted octanol–water partition coefficient (Wildman–Crippen LogP) is 3.59. The molecule has 150 valence electrons. The molecule has 0 saturated carbocycles. The molecule has 2 fully saturated rings. The number of aromatic nitrogens is 1. The second kappa shape index (κ2) is 8.38. The lowest BCUT2D eigenvalue weighted by molar-refractivity contribution is -0.141. The zero-order valence-corrected chi connectivity index (χ0v) is 16.9. The average molecular weight is 382 g/mol. The summed E-state index contributed by atoms with van der Waals surface area (Å²) in [5.74, 6) is 0.572. The molecule has 2 amide bonds. The van der Waals surface area contributed by atoms with E-state index in [1.807, 2.05) is 17.0 Å². The number of rotatable bonds is 3. The number of fused-ring (bicyclic) bond motifs is 1. The van der Waals surface area contributed by atoms with Crippen LogP contribution in [0.5, 0.6) is 0 Å². The monoisotopic (exact) mass is 381 g/mol. The van der Waals surface area contributed by atoms with Crippen LogP contribution in [-0.2, 0) is 16.1 Å². The third-order valence-electron chi connectivity index (χ3n) is 6.43. The zero-order valence-electron chi connectivity index (χ0n) is 16.9. The second-order valence-corrected chi connectivity index (χ2v) is 8.33. The summed E-state index contributed by atoms with van der Waals surface area (Å²) in [6, 6.07) is 10.3. The summed E-state index contributed by atoms with van der Waals surface area (Å²) >= 11 is 0. The van der Waals surface area contributed by atoms with Gasteiger partial charge in [-0.15, -0.1) is 0 Å². The topological polar surface area (TPSA) is 45.6 Å². The van der Waals surface area contributed by atoms with Crippen LogP contribution >= 0.6 is 0 Å². The first-order valence-electron chi connectivity index (χ1n) is 10.7. The first kappa shape index (κ1) is 19.0. The van der Waals surface area contributed by atoms with E-state index in [1.165, 1.54) is 18.2 Å². The molecule has 2 saturated heterocycles. The van der Waals surface area contributed by atoms with Gasteiger partial charge in [-0.1, -0.05) is 31.0 Å². The number of carbonyl (C=O) groups is 2. The third-order valence-corrected chi connectivity index (χ3v) is 6.43. The molecule has 1 aromatic carbocycles. The van der Waals surface area contributed by atoms with Gasteiger partial charge in [-0.2, -0.15) is 0 Å². The molecule has 4 rings (SSSR count). The minimum atomic E-state index is 0.0938. The first-order chi connectivity index (χ1) is 13.6. The van der Waals surface area contributed by atoms with E-state index in [9.17, 15) is 9.59 Å². The van der Waals surface area contributed by atoms with Gasteiger partial charge < -0.3 is 14.4 Å². The standard InChI is InChI=1S/C23H31N3O2/c1-18-16-20-8-4-5-9-21(20)26(18)17-22(27)24-14-10-19(11-15-24)23(28)25-12-6-2-3-7-13-25/h4-5,8-9,16,19H,2-3,6-7,10-15,17H2,1H3. The van der Waals surface area contributed by atoms with Gasteiger partial charge in [-0.3, -0.25) is 9.59 Å². The van der Waals surface area contributed by atoms with Gasteiger partial charge in [0.1, 0.15) is 6.54 Å². The Kier molecular flexibility index (Phi) is 5.69. The predicted molar refractivity (Wildman–Crippen MR) is 111 cm³/mol. The van der Waals surface area contributed by atoms with E-state index in [1.54, 1.807) is 0 Å². The fraction of sp³-hybridized carbons (Fsp3) is 0.565. The molecule has 5 heteroatoms. The van der Waals surface area contributed by atoms with E-state index in [0.29, 0.717) is 25.5 Å². The van der Waals surface area contributed by atoms with E-state index in [-0.39, 0.29) is 11.8 Å². The Balaban J connectivity index is 1.35. The largest absolute Gasteiger partial charge is 0.342 e. The summed E-state index contributed by atoms with van der Waals surface area (Å²) in [7, 11) is 0. The van der Waals surface area contributed by atoms with E-state index in [4.69, 9.17) is 0 Å². The Labute approximate surface area is 167 Å². The van der Waals surface area contributed by atoms with Crippen LogP contribution in [0.4, 0.5) is 0 Å². The fourth-order valence-electron chi connectivity index (χ4n) is 4.72. The number of piperidine rings is 1. The summed E-state index contributed by atoms with van der Waals surface area (Å²) in [6.45, 7) is 5.65. The molecule has 2 aliphatic heterocycles. The first-order valence-corrected chi connectivity index (χ1v) is 10.7. The van der Waals surface area contributed by atoms with E-state index < -0.39 is 0 Å². The maximum absolute atomic E-state index is 12.9. The molecule has 0 N–H and O–H groups in total. The molecule has 28 heavy (non-hydrogen) atoms. The highest BCUT2D eigenvalue weighted by atomic mass is 16.2. The molecular formula is C23H31N3O2. The lowest BCUT2D eigenvalue weighted by Gasteiger charge is -2.34. The summed E-state index contributed by atoms with van der Waals surface area (Å²) in [6.07, 6.45) is 6.34. The van der Waals surface area contributed by atoms with Crippen molar-refractivity contribution in [2.24, 2.45) is 5.92 Å². The normalized spacial score (nSPS) is 19.0. The molecule has 0 unspecified atom stereocenters. The number of nitrogens with zero attached hydrogens (tertiary/aromatic N) is 3. The SMILES string of the molecule is Cc1cc2ccccc2n1CC(=O)N1CCC(C(=O)N2CCCCCC2)CC1. The fourth-order valence-corrected chi connectivity index (χ4v) is 4.72. The van der Waals surface area contributed by atoms with Crippen LogP contribution in [0, 0.1) is 12.8 Å². The average Bonchev–Trinajstić information content (AvgIpc) is 2.90. The zero-order chi connectivity index (χ0) is 19.5. The minimum Gasteiger partial charge on any atom is -0.342 e. The number of hydrogen-bond donors (Lipinski definition) is 0. The van der Waals surface area contributed by atoms with Gasteiger partial charge in [-0.25, -0.2) is 0 Å². The molecular weight excluding hydrogens is 350 g/mol. The van der Waals surface area contributed by atoms with Crippen molar-refractivity contribution >= 4 is 22.7 Å². The van der Waals surface area contributed by atoms with Gasteiger partial charge in [0.05, 0.1) is 0 Å². The van der Waals surface area contributed by atoms with Crippen molar-refractivity contribution in [3.05, 3.63) is 36.0 Å². The number of amides is 2. The van der Waals surface area contributed by atoms with E-state index in [0.717, 1.165) is 50.0 Å². The smallest absolute Gasteiger partial charge is 0.242 e. The minimum absolute atomic E-state index is 0.0938. The molecule has 0 bridgehead atoms. The lowest BCUT2D eigenvalue weighted by atomic mass is 9.95. The van der Waals surface area contributed by atoms with Crippen molar-refractivity contribution < 1.29 is 9.59 Å².